The molecule has 0 heterocycles. The Morgan fingerprint density at radius 1 is 1.16 bits per heavy atom. The minimum atomic E-state index is -0.0638. The number of carbonyl (C=O) groups is 1. The normalized spacial score (nSPS) is 23.1. The Bertz CT molecular complexity index is 576. The number of amides is 1. The van der Waals surface area contributed by atoms with Crippen LogP contribution in [0.2, 0.25) is 0 Å². The van der Waals surface area contributed by atoms with Crippen LogP contribution in [0, 0.1) is 5.92 Å². The molecule has 1 aromatic rings. The highest BCUT2D eigenvalue weighted by molar-refractivity contribution is 5.95. The van der Waals surface area contributed by atoms with Crippen LogP contribution in [0.3, 0.4) is 0 Å². The van der Waals surface area contributed by atoms with Crippen molar-refractivity contribution < 1.29 is 14.3 Å². The van der Waals surface area contributed by atoms with Gasteiger partial charge in [0.1, 0.15) is 0 Å². The predicted octanol–water partition coefficient (Wildman–Crippen LogP) is 3.30. The summed E-state index contributed by atoms with van der Waals surface area (Å²) in [6, 6.07) is 5.62. The van der Waals surface area contributed by atoms with Crippen LogP contribution in [0.5, 0.6) is 11.5 Å². The highest BCUT2D eigenvalue weighted by Gasteiger charge is 2.28. The molecule has 2 fully saturated rings. The van der Waals surface area contributed by atoms with Crippen molar-refractivity contribution in [3.05, 3.63) is 23.8 Å². The van der Waals surface area contributed by atoms with E-state index in [4.69, 9.17) is 15.2 Å². The molecule has 2 aliphatic carbocycles. The molecule has 0 radical (unpaired) electrons. The molecule has 0 spiro atoms. The van der Waals surface area contributed by atoms with Crippen molar-refractivity contribution in [3.63, 3.8) is 0 Å². The van der Waals surface area contributed by atoms with Gasteiger partial charge in [0.15, 0.2) is 11.5 Å². The molecule has 2 aliphatic rings. The smallest absolute Gasteiger partial charge is 0.251 e. The van der Waals surface area contributed by atoms with E-state index in [1.165, 1.54) is 12.8 Å². The molecule has 6 heteroatoms. The molecule has 25 heavy (non-hydrogen) atoms. The largest absolute Gasteiger partial charge is 0.493 e. The van der Waals surface area contributed by atoms with E-state index in [0.29, 0.717) is 23.8 Å². The van der Waals surface area contributed by atoms with Gasteiger partial charge in [-0.05, 0) is 69.2 Å². The summed E-state index contributed by atoms with van der Waals surface area (Å²) in [7, 11) is 1.61. The minimum Gasteiger partial charge on any atom is -0.493 e. The molecule has 5 nitrogen and oxygen atoms in total. The number of hydrogen-bond donors (Lipinski definition) is 2. The molecule has 2 unspecified atom stereocenters. The summed E-state index contributed by atoms with van der Waals surface area (Å²) in [5, 5.41) is 3.12. The predicted molar refractivity (Wildman–Crippen MR) is 101 cm³/mol. The van der Waals surface area contributed by atoms with E-state index in [0.717, 1.165) is 37.9 Å². The van der Waals surface area contributed by atoms with Crippen LogP contribution in [-0.2, 0) is 0 Å². The first-order valence-electron chi connectivity index (χ1n) is 9.07. The molecule has 0 bridgehead atoms. The van der Waals surface area contributed by atoms with Crippen LogP contribution in [0.4, 0.5) is 0 Å². The average Bonchev–Trinajstić information content (AvgIpc) is 3.26. The number of nitrogens with two attached hydrogens (primary N) is 1. The first-order chi connectivity index (χ1) is 11.7. The van der Waals surface area contributed by atoms with E-state index >= 15 is 0 Å². The van der Waals surface area contributed by atoms with Crippen LogP contribution in [0.25, 0.3) is 0 Å². The fraction of sp³-hybridized carbons (Fsp3) is 0.632. The summed E-state index contributed by atoms with van der Waals surface area (Å²) in [6.07, 6.45) is 8.12. The molecule has 0 aliphatic heterocycles. The number of ether oxygens (including phenoxy) is 2. The molecule has 2 saturated carbocycles. The topological polar surface area (TPSA) is 73.6 Å². The van der Waals surface area contributed by atoms with Gasteiger partial charge in [0.2, 0.25) is 0 Å². The highest BCUT2D eigenvalue weighted by atomic mass is 35.5. The van der Waals surface area contributed by atoms with E-state index in [1.807, 2.05) is 12.1 Å². The molecule has 0 aromatic heterocycles. The maximum Gasteiger partial charge on any atom is 0.251 e. The lowest BCUT2D eigenvalue weighted by molar-refractivity contribution is 0.0928. The van der Waals surface area contributed by atoms with E-state index in [2.05, 4.69) is 5.32 Å². The molecule has 140 valence electrons. The second kappa shape index (κ2) is 9.30. The summed E-state index contributed by atoms with van der Waals surface area (Å²) >= 11 is 0. The van der Waals surface area contributed by atoms with Gasteiger partial charge in [-0.2, -0.15) is 0 Å². The Labute approximate surface area is 156 Å². The zero-order chi connectivity index (χ0) is 16.9. The zero-order valence-corrected chi connectivity index (χ0v) is 15.6. The third-order valence-corrected chi connectivity index (χ3v) is 5.30. The standard InChI is InChI=1S/C19H28N2O3.ClH/c1-23-18-11-13(9-10-17(18)24-15-6-2-3-7-15)19(22)21-16-8-4-5-14(16)12-20;/h9-11,14-16H,2-8,12,20H2,1H3,(H,21,22);1H. The number of rotatable bonds is 6. The number of benzene rings is 1. The Balaban J connectivity index is 0.00000225. The molecular weight excluding hydrogens is 340 g/mol. The molecular formula is C19H29ClN2O3. The Hall–Kier alpha value is -1.46. The Morgan fingerprint density at radius 3 is 2.60 bits per heavy atom. The van der Waals surface area contributed by atoms with Crippen molar-refractivity contribution in [2.45, 2.75) is 57.1 Å². The fourth-order valence-electron chi connectivity index (χ4n) is 3.85. The number of carbonyl (C=O) groups excluding carboxylic acids is 1. The van der Waals surface area contributed by atoms with Crippen LogP contribution in [0.15, 0.2) is 18.2 Å². The van der Waals surface area contributed by atoms with Gasteiger partial charge in [-0.3, -0.25) is 4.79 Å². The summed E-state index contributed by atoms with van der Waals surface area (Å²) < 4.78 is 11.5. The summed E-state index contributed by atoms with van der Waals surface area (Å²) in [5.41, 5.74) is 6.40. The zero-order valence-electron chi connectivity index (χ0n) is 14.8. The number of hydrogen-bond acceptors (Lipinski definition) is 4. The van der Waals surface area contributed by atoms with Crippen molar-refractivity contribution in [1.82, 2.24) is 5.32 Å². The number of halogens is 1. The van der Waals surface area contributed by atoms with Crippen molar-refractivity contribution in [2.24, 2.45) is 11.7 Å². The van der Waals surface area contributed by atoms with Gasteiger partial charge in [0, 0.05) is 11.6 Å². The molecule has 1 aromatic carbocycles. The summed E-state index contributed by atoms with van der Waals surface area (Å²) in [5.74, 6) is 1.67. The van der Waals surface area contributed by atoms with Crippen molar-refractivity contribution >= 4 is 18.3 Å². The maximum atomic E-state index is 12.5. The van der Waals surface area contributed by atoms with E-state index in [1.54, 1.807) is 13.2 Å². The molecule has 0 saturated heterocycles. The minimum absolute atomic E-state index is 0. The molecule has 2 atom stereocenters. The van der Waals surface area contributed by atoms with Crippen LogP contribution < -0.4 is 20.5 Å². The van der Waals surface area contributed by atoms with Gasteiger partial charge in [0.25, 0.3) is 5.91 Å². The second-order valence-electron chi connectivity index (χ2n) is 6.90. The lowest BCUT2D eigenvalue weighted by Gasteiger charge is -2.20. The lowest BCUT2D eigenvalue weighted by atomic mass is 10.0. The molecule has 1 amide bonds. The second-order valence-corrected chi connectivity index (χ2v) is 6.90. The quantitative estimate of drug-likeness (QED) is 0.808. The Morgan fingerprint density at radius 2 is 1.92 bits per heavy atom. The van der Waals surface area contributed by atoms with Crippen molar-refractivity contribution in [2.75, 3.05) is 13.7 Å². The Kier molecular flexibility index (Phi) is 7.38. The van der Waals surface area contributed by atoms with Gasteiger partial charge in [0.05, 0.1) is 13.2 Å². The summed E-state index contributed by atoms with van der Waals surface area (Å²) in [4.78, 5) is 12.5. The molecule has 3 rings (SSSR count). The molecule has 3 N–H and O–H groups in total. The first kappa shape index (κ1) is 19.9. The number of methoxy groups -OCH3 is 1. The average molecular weight is 369 g/mol. The van der Waals surface area contributed by atoms with Crippen molar-refractivity contribution in [1.29, 1.82) is 0 Å². The lowest BCUT2D eigenvalue weighted by Crippen LogP contribution is -2.39. The van der Waals surface area contributed by atoms with Crippen LogP contribution in [0.1, 0.15) is 55.3 Å². The van der Waals surface area contributed by atoms with Gasteiger partial charge in [-0.1, -0.05) is 6.42 Å². The fourth-order valence-corrected chi connectivity index (χ4v) is 3.85. The highest BCUT2D eigenvalue weighted by Crippen LogP contribution is 2.32. The first-order valence-corrected chi connectivity index (χ1v) is 9.07. The summed E-state index contributed by atoms with van der Waals surface area (Å²) in [6.45, 7) is 0.627. The SMILES string of the molecule is COc1cc(C(=O)NC2CCCC2CN)ccc1OC1CCCC1.Cl. The van der Waals surface area contributed by atoms with Gasteiger partial charge in [-0.15, -0.1) is 12.4 Å². The monoisotopic (exact) mass is 368 g/mol. The third-order valence-electron chi connectivity index (χ3n) is 5.30. The van der Waals surface area contributed by atoms with E-state index in [-0.39, 0.29) is 30.5 Å². The maximum absolute atomic E-state index is 12.5. The van der Waals surface area contributed by atoms with Crippen LogP contribution in [-0.4, -0.2) is 31.7 Å². The van der Waals surface area contributed by atoms with Crippen LogP contribution >= 0.6 is 12.4 Å². The van der Waals surface area contributed by atoms with Gasteiger partial charge >= 0.3 is 0 Å². The van der Waals surface area contributed by atoms with E-state index < -0.39 is 0 Å². The van der Waals surface area contributed by atoms with Crippen molar-refractivity contribution in [3.8, 4) is 11.5 Å². The third kappa shape index (κ3) is 4.79. The van der Waals surface area contributed by atoms with E-state index in [9.17, 15) is 4.79 Å². The van der Waals surface area contributed by atoms with Gasteiger partial charge in [-0.25, -0.2) is 0 Å². The van der Waals surface area contributed by atoms with Gasteiger partial charge < -0.3 is 20.5 Å². The number of nitrogens with one attached hydrogen (secondary N) is 1.